The van der Waals surface area contributed by atoms with Crippen molar-refractivity contribution in [2.45, 2.75) is 25.7 Å². The quantitative estimate of drug-likeness (QED) is 0.642. The summed E-state index contributed by atoms with van der Waals surface area (Å²) in [4.78, 5) is 20.1. The van der Waals surface area contributed by atoms with Crippen LogP contribution in [0.1, 0.15) is 29.9 Å². The highest BCUT2D eigenvalue weighted by Crippen LogP contribution is 2.50. The predicted octanol–water partition coefficient (Wildman–Crippen LogP) is 2.39. The number of hydrogen-bond donors (Lipinski definition) is 1. The second-order valence-corrected chi connectivity index (χ2v) is 4.12. The Morgan fingerprint density at radius 2 is 1.76 bits per heavy atom. The van der Waals surface area contributed by atoms with Gasteiger partial charge in [0, 0.05) is 5.56 Å². The molecule has 0 atom stereocenters. The third kappa shape index (κ3) is 1.79. The van der Waals surface area contributed by atoms with Crippen molar-refractivity contribution in [1.29, 1.82) is 0 Å². The maximum atomic E-state index is 10.9. The molecule has 1 aromatic carbocycles. The van der Waals surface area contributed by atoms with E-state index in [1.807, 2.05) is 0 Å². The lowest BCUT2D eigenvalue weighted by atomic mass is 10.0. The van der Waals surface area contributed by atoms with Gasteiger partial charge in [-0.3, -0.25) is 20.2 Å². The van der Waals surface area contributed by atoms with Crippen LogP contribution in [0.15, 0.2) is 6.07 Å². The van der Waals surface area contributed by atoms with Crippen molar-refractivity contribution in [3.8, 4) is 5.75 Å². The molecule has 0 aliphatic heterocycles. The van der Waals surface area contributed by atoms with Crippen molar-refractivity contribution in [2.24, 2.45) is 0 Å². The lowest BCUT2D eigenvalue weighted by Crippen LogP contribution is -2.02. The molecule has 0 unspecified atom stereocenters. The Bertz CT molecular complexity index is 522. The average Bonchev–Trinajstić information content (AvgIpc) is 3.03. The minimum atomic E-state index is -0.896. The summed E-state index contributed by atoms with van der Waals surface area (Å²) in [6.45, 7) is 1.50. The van der Waals surface area contributed by atoms with E-state index in [4.69, 9.17) is 0 Å². The van der Waals surface area contributed by atoms with Gasteiger partial charge in [-0.1, -0.05) is 0 Å². The highest BCUT2D eigenvalue weighted by molar-refractivity contribution is 5.69. The van der Waals surface area contributed by atoms with Crippen LogP contribution >= 0.6 is 0 Å². The summed E-state index contributed by atoms with van der Waals surface area (Å²) >= 11 is 0. The minimum absolute atomic E-state index is 0.00778. The van der Waals surface area contributed by atoms with Crippen LogP contribution in [0.25, 0.3) is 0 Å². The van der Waals surface area contributed by atoms with Crippen molar-refractivity contribution < 1.29 is 15.0 Å². The van der Waals surface area contributed by atoms with Gasteiger partial charge in [-0.05, 0) is 37.3 Å². The molecule has 1 aliphatic rings. The molecule has 1 N–H and O–H groups in total. The zero-order valence-electron chi connectivity index (χ0n) is 9.04. The van der Waals surface area contributed by atoms with Crippen molar-refractivity contribution in [1.82, 2.24) is 0 Å². The molecule has 0 saturated heterocycles. The van der Waals surface area contributed by atoms with E-state index in [0.29, 0.717) is 11.1 Å². The first-order chi connectivity index (χ1) is 7.93. The predicted molar refractivity (Wildman–Crippen MR) is 58.1 cm³/mol. The van der Waals surface area contributed by atoms with Crippen LogP contribution in [-0.4, -0.2) is 15.0 Å². The summed E-state index contributed by atoms with van der Waals surface area (Å²) in [5.74, 6) is -0.612. The topological polar surface area (TPSA) is 107 Å². The van der Waals surface area contributed by atoms with Gasteiger partial charge in [0.15, 0.2) is 0 Å². The number of phenolic OH excluding ortho intramolecular Hbond substituents is 1. The largest absolute Gasteiger partial charge is 0.502 e. The van der Waals surface area contributed by atoms with Crippen LogP contribution in [0.5, 0.6) is 5.75 Å². The highest BCUT2D eigenvalue weighted by Gasteiger charge is 2.40. The second kappa shape index (κ2) is 3.69. The average molecular weight is 238 g/mol. The first-order valence-electron chi connectivity index (χ1n) is 5.08. The third-order valence-electron chi connectivity index (χ3n) is 2.85. The Morgan fingerprint density at radius 3 is 2.18 bits per heavy atom. The van der Waals surface area contributed by atoms with E-state index < -0.39 is 27.0 Å². The Kier molecular flexibility index (Phi) is 2.45. The van der Waals surface area contributed by atoms with Gasteiger partial charge in [0.2, 0.25) is 5.75 Å². The smallest absolute Gasteiger partial charge is 0.387 e. The van der Waals surface area contributed by atoms with E-state index >= 15 is 0 Å². The van der Waals surface area contributed by atoms with E-state index in [1.54, 1.807) is 0 Å². The Labute approximate surface area is 96.0 Å². The second-order valence-electron chi connectivity index (χ2n) is 4.12. The standard InChI is InChI=1S/C10H10N2O5/c1-5-4-7(6-2-3-6)8(11(14)15)9(10(5)13)12(16)17/h4,6,13H,2-3H2,1H3. The van der Waals surface area contributed by atoms with Crippen LogP contribution < -0.4 is 0 Å². The molecule has 0 aromatic heterocycles. The van der Waals surface area contributed by atoms with Crippen molar-refractivity contribution >= 4 is 11.4 Å². The number of nitrogens with zero attached hydrogens (tertiary/aromatic N) is 2. The molecule has 1 aromatic rings. The number of phenols is 1. The number of benzene rings is 1. The van der Waals surface area contributed by atoms with Gasteiger partial charge < -0.3 is 5.11 Å². The molecule has 1 fully saturated rings. The number of hydrogen-bond acceptors (Lipinski definition) is 5. The molecule has 0 spiro atoms. The SMILES string of the molecule is Cc1cc(C2CC2)c([N+](=O)[O-])c([N+](=O)[O-])c1O. The molecule has 17 heavy (non-hydrogen) atoms. The van der Waals surface area contributed by atoms with E-state index in [9.17, 15) is 25.3 Å². The van der Waals surface area contributed by atoms with Gasteiger partial charge in [-0.2, -0.15) is 0 Å². The van der Waals surface area contributed by atoms with Crippen LogP contribution in [-0.2, 0) is 0 Å². The summed E-state index contributed by atoms with van der Waals surface area (Å²) in [6.07, 6.45) is 1.59. The van der Waals surface area contributed by atoms with Gasteiger partial charge >= 0.3 is 11.4 Å². The fourth-order valence-corrected chi connectivity index (χ4v) is 1.88. The van der Waals surface area contributed by atoms with Crippen LogP contribution in [0.4, 0.5) is 11.4 Å². The third-order valence-corrected chi connectivity index (χ3v) is 2.85. The highest BCUT2D eigenvalue weighted by atomic mass is 16.6. The fourth-order valence-electron chi connectivity index (χ4n) is 1.88. The lowest BCUT2D eigenvalue weighted by molar-refractivity contribution is -0.423. The molecular weight excluding hydrogens is 228 g/mol. The molecule has 1 saturated carbocycles. The van der Waals surface area contributed by atoms with Crippen LogP contribution in [0, 0.1) is 27.2 Å². The number of nitro groups is 2. The summed E-state index contributed by atoms with van der Waals surface area (Å²) in [7, 11) is 0. The Balaban J connectivity index is 2.77. The first kappa shape index (κ1) is 11.3. The molecule has 0 heterocycles. The Hall–Kier alpha value is -2.18. The maximum absolute atomic E-state index is 10.9. The zero-order valence-corrected chi connectivity index (χ0v) is 9.04. The molecule has 2 rings (SSSR count). The monoisotopic (exact) mass is 238 g/mol. The molecule has 7 nitrogen and oxygen atoms in total. The van der Waals surface area contributed by atoms with E-state index in [2.05, 4.69) is 0 Å². The zero-order chi connectivity index (χ0) is 12.7. The van der Waals surface area contributed by atoms with Gasteiger partial charge in [-0.15, -0.1) is 0 Å². The van der Waals surface area contributed by atoms with E-state index in [-0.39, 0.29) is 5.92 Å². The fraction of sp³-hybridized carbons (Fsp3) is 0.400. The van der Waals surface area contributed by atoms with Gasteiger partial charge in [0.1, 0.15) is 0 Å². The molecular formula is C10H10N2O5. The lowest BCUT2D eigenvalue weighted by Gasteiger charge is -2.06. The normalized spacial score (nSPS) is 14.6. The number of aryl methyl sites for hydroxylation is 1. The van der Waals surface area contributed by atoms with Crippen LogP contribution in [0.2, 0.25) is 0 Å². The van der Waals surface area contributed by atoms with Crippen molar-refractivity contribution in [3.63, 3.8) is 0 Å². The Morgan fingerprint density at radius 1 is 1.24 bits per heavy atom. The molecule has 0 radical (unpaired) electrons. The van der Waals surface area contributed by atoms with Crippen molar-refractivity contribution in [3.05, 3.63) is 37.4 Å². The van der Waals surface area contributed by atoms with Gasteiger partial charge in [-0.25, -0.2) is 0 Å². The number of aromatic hydroxyl groups is 1. The summed E-state index contributed by atoms with van der Waals surface area (Å²) in [5, 5.41) is 31.3. The minimum Gasteiger partial charge on any atom is -0.502 e. The van der Waals surface area contributed by atoms with E-state index in [0.717, 1.165) is 12.8 Å². The maximum Gasteiger partial charge on any atom is 0.387 e. The number of nitro benzene ring substituents is 2. The van der Waals surface area contributed by atoms with E-state index in [1.165, 1.54) is 13.0 Å². The molecule has 0 amide bonds. The molecule has 90 valence electrons. The summed E-state index contributed by atoms with van der Waals surface area (Å²) < 4.78 is 0. The molecule has 1 aliphatic carbocycles. The van der Waals surface area contributed by atoms with Crippen molar-refractivity contribution in [2.75, 3.05) is 0 Å². The van der Waals surface area contributed by atoms with Gasteiger partial charge in [0.05, 0.1) is 9.85 Å². The van der Waals surface area contributed by atoms with Gasteiger partial charge in [0.25, 0.3) is 0 Å². The number of rotatable bonds is 3. The first-order valence-corrected chi connectivity index (χ1v) is 5.08. The summed E-state index contributed by atoms with van der Waals surface area (Å²) in [6, 6.07) is 1.47. The molecule has 7 heteroatoms. The van der Waals surface area contributed by atoms with Crippen LogP contribution in [0.3, 0.4) is 0 Å². The molecule has 0 bridgehead atoms. The summed E-state index contributed by atoms with van der Waals surface area (Å²) in [5.41, 5.74) is -0.710.